The third kappa shape index (κ3) is 3.11. The van der Waals surface area contributed by atoms with Crippen molar-refractivity contribution >= 4 is 34.7 Å². The Bertz CT molecular complexity index is 734. The maximum Gasteiger partial charge on any atom is 0.198 e. The first-order valence-corrected chi connectivity index (χ1v) is 7.18. The third-order valence-corrected chi connectivity index (χ3v) is 3.36. The van der Waals surface area contributed by atoms with E-state index in [1.807, 2.05) is 66.7 Å². The van der Waals surface area contributed by atoms with Crippen molar-refractivity contribution in [3.8, 4) is 5.69 Å². The number of nitrogens with zero attached hydrogens (tertiary/aromatic N) is 4. The second-order valence-corrected chi connectivity index (χ2v) is 5.41. The highest BCUT2D eigenvalue weighted by Gasteiger charge is 2.02. The van der Waals surface area contributed by atoms with Gasteiger partial charge in [0.2, 0.25) is 0 Å². The summed E-state index contributed by atoms with van der Waals surface area (Å²) >= 11 is 2.26. The van der Waals surface area contributed by atoms with E-state index in [1.54, 1.807) is 0 Å². The lowest BCUT2D eigenvalue weighted by molar-refractivity contribution is 0.719. The van der Waals surface area contributed by atoms with Gasteiger partial charge >= 0.3 is 0 Å². The predicted molar refractivity (Wildman–Crippen MR) is 87.2 cm³/mol. The first kappa shape index (κ1) is 13.0. The molecule has 3 aromatic rings. The van der Waals surface area contributed by atoms with Crippen molar-refractivity contribution in [1.29, 1.82) is 0 Å². The van der Waals surface area contributed by atoms with E-state index >= 15 is 0 Å². The molecule has 0 bridgehead atoms. The molecular formula is C15H11IN4. The molecule has 20 heavy (non-hydrogen) atoms. The van der Waals surface area contributed by atoms with Crippen molar-refractivity contribution in [2.75, 3.05) is 0 Å². The normalized spacial score (nSPS) is 11.1. The largest absolute Gasteiger partial charge is 0.198 e. The molecule has 0 saturated heterocycles. The average molecular weight is 374 g/mol. The van der Waals surface area contributed by atoms with Crippen molar-refractivity contribution in [2.45, 2.75) is 0 Å². The maximum absolute atomic E-state index is 4.34. The van der Waals surface area contributed by atoms with Crippen molar-refractivity contribution in [2.24, 2.45) is 0 Å². The summed E-state index contributed by atoms with van der Waals surface area (Å²) in [5, 5.41) is 12.4. The molecule has 5 heteroatoms. The summed E-state index contributed by atoms with van der Waals surface area (Å²) < 4.78 is 1.14. The summed E-state index contributed by atoms with van der Waals surface area (Å²) in [5.41, 5.74) is 2.02. The third-order valence-electron chi connectivity index (χ3n) is 2.69. The molecule has 1 aromatic heterocycles. The minimum atomic E-state index is 0.590. The fourth-order valence-electron chi connectivity index (χ4n) is 1.74. The van der Waals surface area contributed by atoms with E-state index in [1.165, 1.54) is 4.80 Å². The number of halogens is 1. The molecule has 3 rings (SSSR count). The van der Waals surface area contributed by atoms with Gasteiger partial charge in [-0.05, 0) is 57.6 Å². The molecule has 0 spiro atoms. The van der Waals surface area contributed by atoms with Gasteiger partial charge in [-0.25, -0.2) is 0 Å². The second kappa shape index (κ2) is 5.96. The molecule has 98 valence electrons. The number of hydrogen-bond acceptors (Lipinski definition) is 3. The Hall–Kier alpha value is -2.02. The van der Waals surface area contributed by atoms with Crippen LogP contribution >= 0.6 is 22.6 Å². The summed E-state index contributed by atoms with van der Waals surface area (Å²) in [6.07, 6.45) is 3.82. The first-order chi connectivity index (χ1) is 9.81. The molecule has 0 aliphatic rings. The lowest BCUT2D eigenvalue weighted by Crippen LogP contribution is -1.98. The van der Waals surface area contributed by atoms with Gasteiger partial charge in [0.25, 0.3) is 0 Å². The Kier molecular flexibility index (Phi) is 3.87. The quantitative estimate of drug-likeness (QED) is 0.660. The van der Waals surface area contributed by atoms with Crippen LogP contribution in [0.3, 0.4) is 0 Å². The van der Waals surface area contributed by atoms with E-state index in [0.717, 1.165) is 14.8 Å². The molecule has 0 aliphatic heterocycles. The SMILES string of the molecule is Ic1cccc(-n2nnc(/C=C/c3ccccc3)n2)c1. The molecule has 0 atom stereocenters. The first-order valence-electron chi connectivity index (χ1n) is 6.10. The van der Waals surface area contributed by atoms with E-state index < -0.39 is 0 Å². The van der Waals surface area contributed by atoms with Crippen LogP contribution in [-0.4, -0.2) is 20.2 Å². The second-order valence-electron chi connectivity index (χ2n) is 4.16. The highest BCUT2D eigenvalue weighted by molar-refractivity contribution is 14.1. The van der Waals surface area contributed by atoms with Gasteiger partial charge in [0.15, 0.2) is 5.82 Å². The zero-order valence-electron chi connectivity index (χ0n) is 10.5. The van der Waals surface area contributed by atoms with E-state index in [2.05, 4.69) is 38.0 Å². The average Bonchev–Trinajstić information content (AvgIpc) is 2.95. The molecular weight excluding hydrogens is 363 g/mol. The summed E-state index contributed by atoms with van der Waals surface area (Å²) in [6, 6.07) is 18.0. The van der Waals surface area contributed by atoms with Crippen LogP contribution in [0.1, 0.15) is 11.4 Å². The fraction of sp³-hybridized carbons (Fsp3) is 0. The predicted octanol–water partition coefficient (Wildman–Crippen LogP) is 3.44. The molecule has 0 radical (unpaired) electrons. The Morgan fingerprint density at radius 3 is 2.60 bits per heavy atom. The summed E-state index contributed by atoms with van der Waals surface area (Å²) in [6.45, 7) is 0. The van der Waals surface area contributed by atoms with E-state index in [9.17, 15) is 0 Å². The number of benzene rings is 2. The molecule has 0 fully saturated rings. The van der Waals surface area contributed by atoms with Crippen molar-refractivity contribution in [1.82, 2.24) is 20.2 Å². The Labute approximate surface area is 130 Å². The van der Waals surface area contributed by atoms with Gasteiger partial charge in [-0.3, -0.25) is 0 Å². The van der Waals surface area contributed by atoms with Crippen LogP contribution in [0, 0.1) is 3.57 Å². The minimum Gasteiger partial charge on any atom is -0.130 e. The summed E-state index contributed by atoms with van der Waals surface area (Å²) in [4.78, 5) is 1.53. The molecule has 0 saturated carbocycles. The highest BCUT2D eigenvalue weighted by Crippen LogP contribution is 2.11. The Morgan fingerprint density at radius 2 is 1.80 bits per heavy atom. The van der Waals surface area contributed by atoms with Gasteiger partial charge in [0.05, 0.1) is 5.69 Å². The summed E-state index contributed by atoms with van der Waals surface area (Å²) in [5.74, 6) is 0.590. The van der Waals surface area contributed by atoms with E-state index in [0.29, 0.717) is 5.82 Å². The molecule has 0 amide bonds. The zero-order chi connectivity index (χ0) is 13.8. The lowest BCUT2D eigenvalue weighted by atomic mass is 10.2. The Morgan fingerprint density at radius 1 is 0.950 bits per heavy atom. The van der Waals surface area contributed by atoms with Crippen LogP contribution in [0.25, 0.3) is 17.8 Å². The number of rotatable bonds is 3. The molecule has 0 N–H and O–H groups in total. The minimum absolute atomic E-state index is 0.590. The van der Waals surface area contributed by atoms with Crippen LogP contribution in [-0.2, 0) is 0 Å². The number of tetrazole rings is 1. The van der Waals surface area contributed by atoms with Gasteiger partial charge in [0, 0.05) is 3.57 Å². The van der Waals surface area contributed by atoms with Crippen molar-refractivity contribution < 1.29 is 0 Å². The van der Waals surface area contributed by atoms with Gasteiger partial charge in [-0.1, -0.05) is 42.5 Å². The topological polar surface area (TPSA) is 43.6 Å². The summed E-state index contributed by atoms with van der Waals surface area (Å²) in [7, 11) is 0. The van der Waals surface area contributed by atoms with Crippen LogP contribution in [0.4, 0.5) is 0 Å². The molecule has 4 nitrogen and oxygen atoms in total. The molecule has 2 aromatic carbocycles. The van der Waals surface area contributed by atoms with Gasteiger partial charge in [-0.15, -0.1) is 15.0 Å². The van der Waals surface area contributed by atoms with Gasteiger partial charge < -0.3 is 0 Å². The van der Waals surface area contributed by atoms with Crippen molar-refractivity contribution in [3.63, 3.8) is 0 Å². The van der Waals surface area contributed by atoms with Crippen molar-refractivity contribution in [3.05, 3.63) is 69.6 Å². The van der Waals surface area contributed by atoms with Crippen LogP contribution in [0.15, 0.2) is 54.6 Å². The van der Waals surface area contributed by atoms with Crippen LogP contribution in [0.5, 0.6) is 0 Å². The fourth-order valence-corrected chi connectivity index (χ4v) is 2.26. The zero-order valence-corrected chi connectivity index (χ0v) is 12.7. The maximum atomic E-state index is 4.34. The standard InChI is InChI=1S/C15H11IN4/c16-13-7-4-8-14(11-13)20-18-15(17-19-20)10-9-12-5-2-1-3-6-12/h1-11H/b10-9+. The molecule has 0 aliphatic carbocycles. The van der Waals surface area contributed by atoms with Gasteiger partial charge in [0.1, 0.15) is 0 Å². The van der Waals surface area contributed by atoms with E-state index in [-0.39, 0.29) is 0 Å². The monoisotopic (exact) mass is 374 g/mol. The Balaban J connectivity index is 1.82. The smallest absolute Gasteiger partial charge is 0.130 e. The van der Waals surface area contributed by atoms with E-state index in [4.69, 9.17) is 0 Å². The number of hydrogen-bond donors (Lipinski definition) is 0. The highest BCUT2D eigenvalue weighted by atomic mass is 127. The van der Waals surface area contributed by atoms with Crippen LogP contribution in [0.2, 0.25) is 0 Å². The van der Waals surface area contributed by atoms with Crippen LogP contribution < -0.4 is 0 Å². The van der Waals surface area contributed by atoms with Gasteiger partial charge in [-0.2, -0.15) is 0 Å². The lowest BCUT2D eigenvalue weighted by Gasteiger charge is -1.97. The molecule has 0 unspecified atom stereocenters. The number of aromatic nitrogens is 4. The molecule has 1 heterocycles.